The highest BCUT2D eigenvalue weighted by molar-refractivity contribution is 6.00. The van der Waals surface area contributed by atoms with Crippen molar-refractivity contribution in [3.05, 3.63) is 65.9 Å². The number of urea groups is 1. The number of hydrazone groups is 1. The van der Waals surface area contributed by atoms with E-state index >= 15 is 0 Å². The smallest absolute Gasteiger partial charge is 0.339 e. The lowest BCUT2D eigenvalue weighted by atomic mass is 10.1. The minimum Gasteiger partial charge on any atom is -0.360 e. The maximum Gasteiger partial charge on any atom is 0.339 e. The molecule has 1 aromatic heterocycles. The van der Waals surface area contributed by atoms with Gasteiger partial charge in [0.1, 0.15) is 0 Å². The molecular formula is C18H18N4O. The molecule has 0 aliphatic carbocycles. The lowest BCUT2D eigenvalue weighted by Gasteiger charge is -2.03. The van der Waals surface area contributed by atoms with Crippen LogP contribution in [0.1, 0.15) is 18.1 Å². The molecular weight excluding hydrogens is 288 g/mol. The first-order valence-corrected chi connectivity index (χ1v) is 7.52. The number of aryl methyl sites for hydroxylation is 1. The molecule has 3 aromatic rings. The van der Waals surface area contributed by atoms with Crippen LogP contribution in [0.2, 0.25) is 0 Å². The Hall–Kier alpha value is -3.08. The van der Waals surface area contributed by atoms with Gasteiger partial charge in [0, 0.05) is 28.4 Å². The number of aromatic nitrogens is 1. The third-order valence-electron chi connectivity index (χ3n) is 3.62. The highest BCUT2D eigenvalue weighted by Gasteiger charge is 2.05. The van der Waals surface area contributed by atoms with Crippen molar-refractivity contribution >= 4 is 28.8 Å². The minimum absolute atomic E-state index is 0.374. The van der Waals surface area contributed by atoms with Gasteiger partial charge in [-0.2, -0.15) is 5.10 Å². The van der Waals surface area contributed by atoms with Gasteiger partial charge >= 0.3 is 6.03 Å². The molecule has 0 unspecified atom stereocenters. The third-order valence-corrected chi connectivity index (χ3v) is 3.62. The van der Waals surface area contributed by atoms with E-state index in [1.165, 1.54) is 5.56 Å². The van der Waals surface area contributed by atoms with E-state index in [1.54, 1.807) is 6.21 Å². The van der Waals surface area contributed by atoms with Gasteiger partial charge in [0.05, 0.1) is 6.21 Å². The van der Waals surface area contributed by atoms with E-state index in [4.69, 9.17) is 0 Å². The summed E-state index contributed by atoms with van der Waals surface area (Å²) in [7, 11) is 0. The largest absolute Gasteiger partial charge is 0.360 e. The van der Waals surface area contributed by atoms with E-state index in [2.05, 4.69) is 33.8 Å². The summed E-state index contributed by atoms with van der Waals surface area (Å²) in [5.74, 6) is 0. The molecule has 23 heavy (non-hydrogen) atoms. The Morgan fingerprint density at radius 1 is 1.17 bits per heavy atom. The molecule has 5 nitrogen and oxygen atoms in total. The molecule has 0 atom stereocenters. The van der Waals surface area contributed by atoms with E-state index in [9.17, 15) is 4.79 Å². The van der Waals surface area contributed by atoms with Gasteiger partial charge in [-0.25, -0.2) is 10.2 Å². The van der Waals surface area contributed by atoms with Crippen LogP contribution in [-0.4, -0.2) is 17.2 Å². The molecule has 2 amide bonds. The normalized spacial score (nSPS) is 11.0. The number of nitrogens with zero attached hydrogens (tertiary/aromatic N) is 1. The van der Waals surface area contributed by atoms with Gasteiger partial charge in [0.25, 0.3) is 0 Å². The SMILES string of the molecule is CCc1cccc2c(/C=N/NC(=O)Nc3ccccc3)c[nH]c12. The third kappa shape index (κ3) is 3.40. The molecule has 116 valence electrons. The Kier molecular flexibility index (Phi) is 4.38. The number of carbonyl (C=O) groups is 1. The lowest BCUT2D eigenvalue weighted by Crippen LogP contribution is -2.24. The van der Waals surface area contributed by atoms with Crippen LogP contribution in [0.15, 0.2) is 59.8 Å². The number of hydrogen-bond donors (Lipinski definition) is 3. The second kappa shape index (κ2) is 6.79. The molecule has 0 aliphatic rings. The first kappa shape index (κ1) is 14.8. The number of para-hydroxylation sites is 2. The van der Waals surface area contributed by atoms with Crippen molar-refractivity contribution in [2.45, 2.75) is 13.3 Å². The van der Waals surface area contributed by atoms with Crippen LogP contribution >= 0.6 is 0 Å². The number of amides is 2. The van der Waals surface area contributed by atoms with Crippen LogP contribution in [0, 0.1) is 0 Å². The van der Waals surface area contributed by atoms with Crippen LogP contribution in [0.4, 0.5) is 10.5 Å². The van der Waals surface area contributed by atoms with Crippen LogP contribution in [0.25, 0.3) is 10.9 Å². The summed E-state index contributed by atoms with van der Waals surface area (Å²) >= 11 is 0. The maximum atomic E-state index is 11.8. The van der Waals surface area contributed by atoms with E-state index < -0.39 is 0 Å². The predicted molar refractivity (Wildman–Crippen MR) is 93.9 cm³/mol. The van der Waals surface area contributed by atoms with E-state index in [-0.39, 0.29) is 6.03 Å². The molecule has 3 N–H and O–H groups in total. The molecule has 0 radical (unpaired) electrons. The van der Waals surface area contributed by atoms with E-state index in [0.29, 0.717) is 0 Å². The number of anilines is 1. The summed E-state index contributed by atoms with van der Waals surface area (Å²) in [6, 6.07) is 15.0. The zero-order valence-electron chi connectivity index (χ0n) is 12.8. The van der Waals surface area contributed by atoms with Crippen LogP contribution in [0.5, 0.6) is 0 Å². The summed E-state index contributed by atoms with van der Waals surface area (Å²) in [4.78, 5) is 15.0. The molecule has 1 heterocycles. The summed E-state index contributed by atoms with van der Waals surface area (Å²) in [6.07, 6.45) is 4.50. The molecule has 0 bridgehead atoms. The first-order valence-electron chi connectivity index (χ1n) is 7.52. The van der Waals surface area contributed by atoms with Crippen molar-refractivity contribution in [3.63, 3.8) is 0 Å². The van der Waals surface area contributed by atoms with Gasteiger partial charge in [0.15, 0.2) is 0 Å². The topological polar surface area (TPSA) is 69.3 Å². The van der Waals surface area contributed by atoms with Gasteiger partial charge in [-0.05, 0) is 24.1 Å². The lowest BCUT2D eigenvalue weighted by molar-refractivity contribution is 0.252. The monoisotopic (exact) mass is 306 g/mol. The van der Waals surface area contributed by atoms with Crippen molar-refractivity contribution in [3.8, 4) is 0 Å². The Labute approximate surface area is 134 Å². The Morgan fingerprint density at radius 2 is 2.00 bits per heavy atom. The average Bonchev–Trinajstić information content (AvgIpc) is 2.99. The van der Waals surface area contributed by atoms with Gasteiger partial charge in [-0.3, -0.25) is 0 Å². The van der Waals surface area contributed by atoms with Crippen LogP contribution in [-0.2, 0) is 6.42 Å². The average molecular weight is 306 g/mol. The Bertz CT molecular complexity index is 837. The maximum absolute atomic E-state index is 11.8. The highest BCUT2D eigenvalue weighted by atomic mass is 16.2. The molecule has 2 aromatic carbocycles. The summed E-state index contributed by atoms with van der Waals surface area (Å²) < 4.78 is 0. The fraction of sp³-hybridized carbons (Fsp3) is 0.111. The zero-order valence-corrected chi connectivity index (χ0v) is 12.8. The number of aromatic amines is 1. The predicted octanol–water partition coefficient (Wildman–Crippen LogP) is 3.89. The van der Waals surface area contributed by atoms with Crippen molar-refractivity contribution in [1.29, 1.82) is 0 Å². The Morgan fingerprint density at radius 3 is 2.78 bits per heavy atom. The second-order valence-electron chi connectivity index (χ2n) is 5.13. The van der Waals surface area contributed by atoms with Gasteiger partial charge < -0.3 is 10.3 Å². The van der Waals surface area contributed by atoms with E-state index in [0.717, 1.165) is 28.6 Å². The minimum atomic E-state index is -0.374. The number of benzene rings is 2. The molecule has 0 spiro atoms. The molecule has 0 aliphatic heterocycles. The van der Waals surface area contributed by atoms with Crippen LogP contribution < -0.4 is 10.7 Å². The number of carbonyl (C=O) groups excluding carboxylic acids is 1. The quantitative estimate of drug-likeness (QED) is 0.497. The van der Waals surface area contributed by atoms with E-state index in [1.807, 2.05) is 48.7 Å². The molecule has 0 saturated heterocycles. The summed E-state index contributed by atoms with van der Waals surface area (Å²) in [5, 5.41) is 7.81. The van der Waals surface area contributed by atoms with Crippen LogP contribution in [0.3, 0.4) is 0 Å². The number of hydrogen-bond acceptors (Lipinski definition) is 2. The number of rotatable bonds is 4. The fourth-order valence-electron chi connectivity index (χ4n) is 2.48. The molecule has 0 fully saturated rings. The molecule has 0 saturated carbocycles. The van der Waals surface area contributed by atoms with Crippen molar-refractivity contribution < 1.29 is 4.79 Å². The summed E-state index contributed by atoms with van der Waals surface area (Å²) in [6.45, 7) is 2.12. The van der Waals surface area contributed by atoms with Crippen molar-refractivity contribution in [2.75, 3.05) is 5.32 Å². The Balaban J connectivity index is 1.68. The number of fused-ring (bicyclic) bond motifs is 1. The number of nitrogens with one attached hydrogen (secondary N) is 3. The molecule has 5 heteroatoms. The zero-order chi connectivity index (χ0) is 16.1. The standard InChI is InChI=1S/C18H18N4O/c1-2-13-7-6-10-16-14(11-19-17(13)16)12-20-22-18(23)21-15-8-4-3-5-9-15/h3-12,19H,2H2,1H3,(H2,21,22,23)/b20-12+. The highest BCUT2D eigenvalue weighted by Crippen LogP contribution is 2.20. The fourth-order valence-corrected chi connectivity index (χ4v) is 2.48. The summed E-state index contributed by atoms with van der Waals surface area (Å²) in [5.41, 5.74) is 6.51. The number of H-pyrrole nitrogens is 1. The first-order chi connectivity index (χ1) is 11.3. The van der Waals surface area contributed by atoms with Gasteiger partial charge in [-0.1, -0.05) is 43.3 Å². The van der Waals surface area contributed by atoms with Gasteiger partial charge in [0.2, 0.25) is 0 Å². The second-order valence-corrected chi connectivity index (χ2v) is 5.13. The molecule has 3 rings (SSSR count). The van der Waals surface area contributed by atoms with Gasteiger partial charge in [-0.15, -0.1) is 0 Å². The van der Waals surface area contributed by atoms with Crippen molar-refractivity contribution in [2.24, 2.45) is 5.10 Å². The van der Waals surface area contributed by atoms with Crippen molar-refractivity contribution in [1.82, 2.24) is 10.4 Å².